The molecule has 2 saturated heterocycles. The van der Waals surface area contributed by atoms with E-state index in [4.69, 9.17) is 22.1 Å². The molecular weight excluding hydrogens is 452 g/mol. The molecule has 0 bridgehead atoms. The zero-order chi connectivity index (χ0) is 24.1. The van der Waals surface area contributed by atoms with Gasteiger partial charge < -0.3 is 21.1 Å². The first-order chi connectivity index (χ1) is 16.5. The molecule has 0 saturated carbocycles. The van der Waals surface area contributed by atoms with E-state index in [0.717, 1.165) is 57.4 Å². The Morgan fingerprint density at radius 3 is 2.44 bits per heavy atom. The number of carbonyl (C=O) groups excluding carboxylic acids is 2. The summed E-state index contributed by atoms with van der Waals surface area (Å²) in [7, 11) is 1.50. The van der Waals surface area contributed by atoms with Crippen LogP contribution < -0.4 is 21.1 Å². The van der Waals surface area contributed by atoms with Crippen molar-refractivity contribution in [2.75, 3.05) is 39.0 Å². The minimum Gasteiger partial charge on any atom is -0.496 e. The monoisotopic (exact) mass is 484 g/mol. The van der Waals surface area contributed by atoms with Gasteiger partial charge in [-0.1, -0.05) is 41.9 Å². The molecular formula is C26H33ClN4O3. The summed E-state index contributed by atoms with van der Waals surface area (Å²) < 4.78 is 5.33. The van der Waals surface area contributed by atoms with E-state index in [9.17, 15) is 9.59 Å². The fourth-order valence-electron chi connectivity index (χ4n) is 5.11. The molecule has 7 nitrogen and oxygen atoms in total. The number of amides is 1. The van der Waals surface area contributed by atoms with E-state index >= 15 is 0 Å². The maximum atomic E-state index is 13.5. The van der Waals surface area contributed by atoms with Crippen molar-refractivity contribution in [3.8, 4) is 5.75 Å². The van der Waals surface area contributed by atoms with Crippen molar-refractivity contribution in [1.82, 2.24) is 15.5 Å². The zero-order valence-corrected chi connectivity index (χ0v) is 20.3. The van der Waals surface area contributed by atoms with Gasteiger partial charge in [-0.05, 0) is 50.8 Å². The summed E-state index contributed by atoms with van der Waals surface area (Å²) in [5, 5.41) is 6.85. The number of ether oxygens (including phenoxy) is 1. The van der Waals surface area contributed by atoms with Crippen LogP contribution in [0.25, 0.3) is 0 Å². The van der Waals surface area contributed by atoms with Crippen LogP contribution in [0.1, 0.15) is 46.4 Å². The Morgan fingerprint density at radius 2 is 1.79 bits per heavy atom. The molecule has 2 aromatic carbocycles. The number of anilines is 1. The smallest absolute Gasteiger partial charge is 0.255 e. The van der Waals surface area contributed by atoms with Gasteiger partial charge in [-0.25, -0.2) is 0 Å². The number of hydrogen-bond acceptors (Lipinski definition) is 6. The number of nitrogen functional groups attached to an aromatic ring is 1. The Kier molecular flexibility index (Phi) is 8.08. The highest BCUT2D eigenvalue weighted by Crippen LogP contribution is 2.30. The van der Waals surface area contributed by atoms with Gasteiger partial charge in [-0.2, -0.15) is 0 Å². The summed E-state index contributed by atoms with van der Waals surface area (Å²) in [5.74, 6) is 0.709. The van der Waals surface area contributed by atoms with Crippen LogP contribution in [-0.2, 0) is 0 Å². The summed E-state index contributed by atoms with van der Waals surface area (Å²) in [4.78, 5) is 28.8. The molecule has 1 atom stereocenters. The number of rotatable bonds is 7. The Bertz CT molecular complexity index is 1000. The van der Waals surface area contributed by atoms with E-state index in [1.54, 1.807) is 12.1 Å². The second-order valence-electron chi connectivity index (χ2n) is 9.12. The molecule has 4 rings (SSSR count). The van der Waals surface area contributed by atoms with Crippen LogP contribution in [0.3, 0.4) is 0 Å². The maximum Gasteiger partial charge on any atom is 0.255 e. The standard InChI is InChI=1S/C26H33ClN4O3/c1-34-23-16-22(28)21(27)15-20(23)26(33)30-19-9-13-31(14-10-19)24(17-7-11-29-12-8-17)25(32)18-5-3-2-4-6-18/h2-6,15-17,19,24,29H,7-14,28H2,1H3,(H,30,33). The summed E-state index contributed by atoms with van der Waals surface area (Å²) >= 11 is 6.13. The SMILES string of the molecule is COc1cc(N)c(Cl)cc1C(=O)NC1CCN(C(C(=O)c2ccccc2)C2CCNCC2)CC1. The topological polar surface area (TPSA) is 96.7 Å². The predicted molar refractivity (Wildman–Crippen MR) is 135 cm³/mol. The first-order valence-electron chi connectivity index (χ1n) is 12.0. The van der Waals surface area contributed by atoms with Crippen molar-refractivity contribution in [2.24, 2.45) is 5.92 Å². The third kappa shape index (κ3) is 5.54. The molecule has 2 aliphatic rings. The highest BCUT2D eigenvalue weighted by molar-refractivity contribution is 6.33. The number of nitrogens with one attached hydrogen (secondary N) is 2. The summed E-state index contributed by atoms with van der Waals surface area (Å²) in [6, 6.07) is 12.6. The molecule has 1 unspecified atom stereocenters. The van der Waals surface area contributed by atoms with Gasteiger partial charge in [-0.15, -0.1) is 0 Å². The molecule has 0 aromatic heterocycles. The van der Waals surface area contributed by atoms with Crippen LogP contribution in [0.2, 0.25) is 5.02 Å². The van der Waals surface area contributed by atoms with E-state index in [2.05, 4.69) is 15.5 Å². The Balaban J connectivity index is 1.43. The normalized spacial score (nSPS) is 18.9. The quantitative estimate of drug-likeness (QED) is 0.412. The first kappa shape index (κ1) is 24.5. The van der Waals surface area contributed by atoms with Crippen molar-refractivity contribution in [3.63, 3.8) is 0 Å². The lowest BCUT2D eigenvalue weighted by atomic mass is 9.83. The van der Waals surface area contributed by atoms with Crippen LogP contribution in [0.15, 0.2) is 42.5 Å². The van der Waals surface area contributed by atoms with E-state index < -0.39 is 0 Å². The average molecular weight is 485 g/mol. The Morgan fingerprint density at radius 1 is 1.12 bits per heavy atom. The minimum atomic E-state index is -0.229. The molecule has 2 fully saturated rings. The number of halogens is 1. The second-order valence-corrected chi connectivity index (χ2v) is 9.53. The lowest BCUT2D eigenvalue weighted by molar-refractivity contribution is 0.0575. The highest BCUT2D eigenvalue weighted by atomic mass is 35.5. The largest absolute Gasteiger partial charge is 0.496 e. The van der Waals surface area contributed by atoms with Crippen LogP contribution in [-0.4, -0.2) is 62.0 Å². The van der Waals surface area contributed by atoms with Crippen molar-refractivity contribution in [3.05, 3.63) is 58.6 Å². The van der Waals surface area contributed by atoms with Gasteiger partial charge in [0.15, 0.2) is 5.78 Å². The number of carbonyl (C=O) groups is 2. The number of nitrogens with zero attached hydrogens (tertiary/aromatic N) is 1. The van der Waals surface area contributed by atoms with Crippen LogP contribution in [0.4, 0.5) is 5.69 Å². The number of ketones is 1. The van der Waals surface area contributed by atoms with Crippen molar-refractivity contribution in [2.45, 2.75) is 37.8 Å². The van der Waals surface area contributed by atoms with Crippen molar-refractivity contribution < 1.29 is 14.3 Å². The Labute approximate surface area is 206 Å². The fourth-order valence-corrected chi connectivity index (χ4v) is 5.28. The Hall–Kier alpha value is -2.61. The number of nitrogens with two attached hydrogens (primary N) is 1. The van der Waals surface area contributed by atoms with Crippen molar-refractivity contribution >= 4 is 29.0 Å². The number of Topliss-reactive ketones (excluding diaryl/α,β-unsaturated/α-hetero) is 1. The molecule has 0 aliphatic carbocycles. The molecule has 0 spiro atoms. The molecule has 1 amide bonds. The third-order valence-electron chi connectivity index (χ3n) is 6.98. The average Bonchev–Trinajstić information content (AvgIpc) is 2.87. The maximum absolute atomic E-state index is 13.5. The molecule has 34 heavy (non-hydrogen) atoms. The summed E-state index contributed by atoms with van der Waals surface area (Å²) in [6.07, 6.45) is 3.55. The van der Waals surface area contributed by atoms with Gasteiger partial charge in [0.05, 0.1) is 29.4 Å². The lowest BCUT2D eigenvalue weighted by Gasteiger charge is -2.41. The fraction of sp³-hybridized carbons (Fsp3) is 0.462. The lowest BCUT2D eigenvalue weighted by Crippen LogP contribution is -2.54. The van der Waals surface area contributed by atoms with Gasteiger partial charge in [0.25, 0.3) is 5.91 Å². The second kappa shape index (κ2) is 11.2. The van der Waals surface area contributed by atoms with Crippen LogP contribution in [0, 0.1) is 5.92 Å². The molecule has 182 valence electrons. The third-order valence-corrected chi connectivity index (χ3v) is 7.31. The molecule has 4 N–H and O–H groups in total. The molecule has 2 aliphatic heterocycles. The zero-order valence-electron chi connectivity index (χ0n) is 19.6. The molecule has 0 radical (unpaired) electrons. The van der Waals surface area contributed by atoms with Gasteiger partial charge in [0.1, 0.15) is 5.75 Å². The van der Waals surface area contributed by atoms with E-state index in [1.807, 2.05) is 30.3 Å². The van der Waals surface area contributed by atoms with E-state index in [-0.39, 0.29) is 23.8 Å². The first-order valence-corrected chi connectivity index (χ1v) is 12.3. The van der Waals surface area contributed by atoms with E-state index in [1.165, 1.54) is 7.11 Å². The van der Waals surface area contributed by atoms with E-state index in [0.29, 0.717) is 27.9 Å². The number of hydrogen-bond donors (Lipinski definition) is 3. The van der Waals surface area contributed by atoms with Crippen LogP contribution in [0.5, 0.6) is 5.75 Å². The van der Waals surface area contributed by atoms with Crippen LogP contribution >= 0.6 is 11.6 Å². The summed E-state index contributed by atoms with van der Waals surface area (Å²) in [5.41, 5.74) is 7.35. The van der Waals surface area contributed by atoms with Gasteiger partial charge in [0, 0.05) is 30.8 Å². The molecule has 8 heteroatoms. The number of methoxy groups -OCH3 is 1. The summed E-state index contributed by atoms with van der Waals surface area (Å²) in [6.45, 7) is 3.42. The van der Waals surface area contributed by atoms with Gasteiger partial charge in [-0.3, -0.25) is 14.5 Å². The minimum absolute atomic E-state index is 0.0188. The highest BCUT2D eigenvalue weighted by Gasteiger charge is 2.37. The van der Waals surface area contributed by atoms with Gasteiger partial charge in [0.2, 0.25) is 0 Å². The van der Waals surface area contributed by atoms with Gasteiger partial charge >= 0.3 is 0 Å². The van der Waals surface area contributed by atoms with Crippen molar-refractivity contribution in [1.29, 1.82) is 0 Å². The molecule has 2 aromatic rings. The number of piperidine rings is 2. The number of benzene rings is 2. The predicted octanol–water partition coefficient (Wildman–Crippen LogP) is 3.38. The molecule has 2 heterocycles. The number of likely N-dealkylation sites (tertiary alicyclic amines) is 1.